The predicted molar refractivity (Wildman–Crippen MR) is 73.4 cm³/mol. The van der Waals surface area contributed by atoms with E-state index in [0.29, 0.717) is 6.61 Å². The molecule has 0 saturated heterocycles. The summed E-state index contributed by atoms with van der Waals surface area (Å²) in [5.41, 5.74) is -0.940. The summed E-state index contributed by atoms with van der Waals surface area (Å²) >= 11 is 0. The minimum absolute atomic E-state index is 0.00785. The van der Waals surface area contributed by atoms with Gasteiger partial charge in [0, 0.05) is 32.8 Å². The first-order valence-electron chi connectivity index (χ1n) is 6.81. The molecule has 1 saturated carbocycles. The molecule has 21 heavy (non-hydrogen) atoms. The van der Waals surface area contributed by atoms with E-state index in [0.717, 1.165) is 18.9 Å². The van der Waals surface area contributed by atoms with Crippen molar-refractivity contribution in [1.29, 1.82) is 0 Å². The van der Waals surface area contributed by atoms with Crippen LogP contribution in [0.4, 0.5) is 24.9 Å². The van der Waals surface area contributed by atoms with E-state index >= 15 is 0 Å². The summed E-state index contributed by atoms with van der Waals surface area (Å²) in [6, 6.07) is 0.995. The predicted octanol–water partition coefficient (Wildman–Crippen LogP) is 2.54. The maximum atomic E-state index is 12.9. The zero-order valence-electron chi connectivity index (χ0n) is 12.2. The second-order valence-corrected chi connectivity index (χ2v) is 5.22. The Hall–Kier alpha value is -1.57. The molecule has 0 unspecified atom stereocenters. The van der Waals surface area contributed by atoms with Crippen LogP contribution in [0.5, 0.6) is 0 Å². The number of nitrogens with one attached hydrogen (secondary N) is 1. The highest BCUT2D eigenvalue weighted by Gasteiger charge is 2.35. The molecule has 0 spiro atoms. The maximum Gasteiger partial charge on any atom is 0.433 e. The molecular weight excluding hydrogens is 285 g/mol. The highest BCUT2D eigenvalue weighted by atomic mass is 19.4. The van der Waals surface area contributed by atoms with E-state index in [4.69, 9.17) is 4.74 Å². The Labute approximate surface area is 121 Å². The molecule has 0 radical (unpaired) electrons. The fourth-order valence-corrected chi connectivity index (χ4v) is 2.11. The Kier molecular flexibility index (Phi) is 4.55. The van der Waals surface area contributed by atoms with Crippen LogP contribution in [0.2, 0.25) is 0 Å². The molecule has 0 atom stereocenters. The van der Waals surface area contributed by atoms with Gasteiger partial charge in [-0.25, -0.2) is 4.98 Å². The molecule has 0 aliphatic heterocycles. The van der Waals surface area contributed by atoms with E-state index in [-0.39, 0.29) is 23.9 Å². The Morgan fingerprint density at radius 1 is 1.33 bits per heavy atom. The standard InChI is InChI=1S/C13H19F3N4O/c1-4-21-9-5-8(6-9)17-12-18-10(13(14,15)16)7-11(19-12)20(2)3/h7-9H,4-6H2,1-3H3,(H,17,18,19). The van der Waals surface area contributed by atoms with Crippen LogP contribution in [0.3, 0.4) is 0 Å². The first kappa shape index (κ1) is 15.8. The number of hydrogen-bond donors (Lipinski definition) is 1. The zero-order chi connectivity index (χ0) is 15.6. The Morgan fingerprint density at radius 2 is 2.00 bits per heavy atom. The third kappa shape index (κ3) is 3.96. The lowest BCUT2D eigenvalue weighted by Crippen LogP contribution is -2.41. The van der Waals surface area contributed by atoms with Crippen molar-refractivity contribution in [2.45, 2.75) is 38.1 Å². The molecule has 1 heterocycles. The van der Waals surface area contributed by atoms with E-state index in [1.165, 1.54) is 4.90 Å². The lowest BCUT2D eigenvalue weighted by molar-refractivity contribution is -0.141. The quantitative estimate of drug-likeness (QED) is 0.906. The minimum atomic E-state index is -4.49. The van der Waals surface area contributed by atoms with Gasteiger partial charge in [0.25, 0.3) is 0 Å². The summed E-state index contributed by atoms with van der Waals surface area (Å²) in [6.07, 6.45) is -2.81. The second kappa shape index (κ2) is 6.05. The van der Waals surface area contributed by atoms with Gasteiger partial charge < -0.3 is 15.0 Å². The van der Waals surface area contributed by atoms with Gasteiger partial charge in [-0.3, -0.25) is 0 Å². The average molecular weight is 304 g/mol. The van der Waals surface area contributed by atoms with Crippen LogP contribution in [0.15, 0.2) is 6.07 Å². The van der Waals surface area contributed by atoms with Crippen LogP contribution >= 0.6 is 0 Å². The molecule has 1 N–H and O–H groups in total. The molecule has 1 aliphatic carbocycles. The van der Waals surface area contributed by atoms with Crippen LogP contribution in [0.1, 0.15) is 25.5 Å². The van der Waals surface area contributed by atoms with E-state index < -0.39 is 11.9 Å². The summed E-state index contributed by atoms with van der Waals surface area (Å²) in [5, 5.41) is 2.95. The molecule has 118 valence electrons. The van der Waals surface area contributed by atoms with Gasteiger partial charge in [-0.15, -0.1) is 0 Å². The smallest absolute Gasteiger partial charge is 0.378 e. The maximum absolute atomic E-state index is 12.9. The SMILES string of the molecule is CCOC1CC(Nc2nc(N(C)C)cc(C(F)(F)F)n2)C1. The number of hydrogen-bond acceptors (Lipinski definition) is 5. The molecule has 0 amide bonds. The van der Waals surface area contributed by atoms with Crippen molar-refractivity contribution in [1.82, 2.24) is 9.97 Å². The van der Waals surface area contributed by atoms with Crippen LogP contribution in [0, 0.1) is 0 Å². The Morgan fingerprint density at radius 3 is 2.52 bits per heavy atom. The van der Waals surface area contributed by atoms with Crippen molar-refractivity contribution in [3.8, 4) is 0 Å². The highest BCUT2D eigenvalue weighted by molar-refractivity contribution is 5.44. The fourth-order valence-electron chi connectivity index (χ4n) is 2.11. The van der Waals surface area contributed by atoms with Gasteiger partial charge in [-0.05, 0) is 19.8 Å². The monoisotopic (exact) mass is 304 g/mol. The first-order valence-corrected chi connectivity index (χ1v) is 6.81. The van der Waals surface area contributed by atoms with E-state index in [1.54, 1.807) is 14.1 Å². The van der Waals surface area contributed by atoms with Crippen molar-refractivity contribution >= 4 is 11.8 Å². The summed E-state index contributed by atoms with van der Waals surface area (Å²) in [4.78, 5) is 9.19. The number of anilines is 2. The molecule has 8 heteroatoms. The summed E-state index contributed by atoms with van der Waals surface area (Å²) < 4.78 is 44.0. The van der Waals surface area contributed by atoms with Crippen LogP contribution < -0.4 is 10.2 Å². The van der Waals surface area contributed by atoms with Gasteiger partial charge in [0.2, 0.25) is 5.95 Å². The Bertz CT molecular complexity index is 487. The topological polar surface area (TPSA) is 50.3 Å². The molecule has 2 rings (SSSR count). The number of rotatable bonds is 5. The van der Waals surface area contributed by atoms with Gasteiger partial charge >= 0.3 is 6.18 Å². The number of ether oxygens (including phenoxy) is 1. The molecule has 1 aliphatic rings. The van der Waals surface area contributed by atoms with Crippen molar-refractivity contribution in [3.05, 3.63) is 11.8 Å². The summed E-state index contributed by atoms with van der Waals surface area (Å²) in [7, 11) is 3.28. The van der Waals surface area contributed by atoms with Crippen molar-refractivity contribution in [2.24, 2.45) is 0 Å². The van der Waals surface area contributed by atoms with Gasteiger partial charge in [-0.1, -0.05) is 0 Å². The van der Waals surface area contributed by atoms with Crippen molar-refractivity contribution in [2.75, 3.05) is 30.9 Å². The fraction of sp³-hybridized carbons (Fsp3) is 0.692. The first-order chi connectivity index (χ1) is 9.79. The van der Waals surface area contributed by atoms with Crippen LogP contribution in [0.25, 0.3) is 0 Å². The van der Waals surface area contributed by atoms with Gasteiger partial charge in [0.15, 0.2) is 5.69 Å². The molecule has 0 aromatic carbocycles. The second-order valence-electron chi connectivity index (χ2n) is 5.22. The molecule has 0 bridgehead atoms. The van der Waals surface area contributed by atoms with E-state index in [1.807, 2.05) is 6.92 Å². The van der Waals surface area contributed by atoms with E-state index in [2.05, 4.69) is 15.3 Å². The molecule has 1 aromatic heterocycles. The Balaban J connectivity index is 2.10. The van der Waals surface area contributed by atoms with E-state index in [9.17, 15) is 13.2 Å². The summed E-state index contributed by atoms with van der Waals surface area (Å²) in [6.45, 7) is 2.56. The lowest BCUT2D eigenvalue weighted by atomic mass is 9.89. The third-order valence-corrected chi connectivity index (χ3v) is 3.29. The highest BCUT2D eigenvalue weighted by Crippen LogP contribution is 2.31. The number of aromatic nitrogens is 2. The zero-order valence-corrected chi connectivity index (χ0v) is 12.2. The largest absolute Gasteiger partial charge is 0.433 e. The van der Waals surface area contributed by atoms with Crippen LogP contribution in [-0.2, 0) is 10.9 Å². The normalized spacial score (nSPS) is 21.8. The third-order valence-electron chi connectivity index (χ3n) is 3.29. The van der Waals surface area contributed by atoms with Crippen molar-refractivity contribution < 1.29 is 17.9 Å². The summed E-state index contributed by atoms with van der Waals surface area (Å²) in [5.74, 6) is 0.231. The molecule has 1 aromatic rings. The lowest BCUT2D eigenvalue weighted by Gasteiger charge is -2.35. The molecule has 5 nitrogen and oxygen atoms in total. The minimum Gasteiger partial charge on any atom is -0.378 e. The van der Waals surface area contributed by atoms with Crippen molar-refractivity contribution in [3.63, 3.8) is 0 Å². The van der Waals surface area contributed by atoms with Gasteiger partial charge in [-0.2, -0.15) is 18.2 Å². The number of halogens is 3. The number of alkyl halides is 3. The van der Waals surface area contributed by atoms with Crippen LogP contribution in [-0.4, -0.2) is 42.8 Å². The van der Waals surface area contributed by atoms with Gasteiger partial charge in [0.05, 0.1) is 6.10 Å². The molecule has 1 fully saturated rings. The average Bonchev–Trinajstić information content (AvgIpc) is 2.35. The van der Waals surface area contributed by atoms with Gasteiger partial charge in [0.1, 0.15) is 5.82 Å². The molecular formula is C13H19F3N4O. The number of nitrogens with zero attached hydrogens (tertiary/aromatic N) is 3.